The second kappa shape index (κ2) is 6.13. The number of carbonyl (C=O) groups is 1. The maximum absolute atomic E-state index is 10.9. The number of carbonyl (C=O) groups excluding carboxylic acids is 1. The van der Waals surface area contributed by atoms with E-state index in [4.69, 9.17) is 9.47 Å². The van der Waals surface area contributed by atoms with Crippen LogP contribution in [0.2, 0.25) is 0 Å². The van der Waals surface area contributed by atoms with Gasteiger partial charge in [-0.25, -0.2) is 0 Å². The highest BCUT2D eigenvalue weighted by molar-refractivity contribution is 5.50. The zero-order chi connectivity index (χ0) is 12.8. The summed E-state index contributed by atoms with van der Waals surface area (Å²) in [4.78, 5) is 12.6. The van der Waals surface area contributed by atoms with Gasteiger partial charge in [0.25, 0.3) is 0 Å². The lowest BCUT2D eigenvalue weighted by Crippen LogP contribution is -2.25. The number of benzene rings is 1. The highest BCUT2D eigenvalue weighted by atomic mass is 16.5. The molecule has 1 atom stereocenters. The molecular weight excluding hydrogens is 218 g/mol. The zero-order valence-electron chi connectivity index (χ0n) is 10.8. The van der Waals surface area contributed by atoms with Gasteiger partial charge in [-0.15, -0.1) is 0 Å². The molecule has 4 nitrogen and oxygen atoms in total. The Hall–Kier alpha value is -1.71. The van der Waals surface area contributed by atoms with Gasteiger partial charge >= 0.3 is 0 Å². The SMILES string of the molecule is CCN(C=O)C(C)c1ccc(OC)c(OC)c1. The summed E-state index contributed by atoms with van der Waals surface area (Å²) in [6.07, 6.45) is 0.862. The second-order valence-corrected chi connectivity index (χ2v) is 3.73. The molecule has 1 aromatic carbocycles. The van der Waals surface area contributed by atoms with E-state index in [1.54, 1.807) is 19.1 Å². The first kappa shape index (κ1) is 13.4. The van der Waals surface area contributed by atoms with Gasteiger partial charge in [0.2, 0.25) is 6.41 Å². The molecule has 0 N–H and O–H groups in total. The van der Waals surface area contributed by atoms with Crippen LogP contribution in [0.5, 0.6) is 11.5 Å². The summed E-state index contributed by atoms with van der Waals surface area (Å²) < 4.78 is 10.4. The fraction of sp³-hybridized carbons (Fsp3) is 0.462. The molecule has 0 radical (unpaired) electrons. The van der Waals surface area contributed by atoms with E-state index < -0.39 is 0 Å². The summed E-state index contributed by atoms with van der Waals surface area (Å²) in [6, 6.07) is 5.72. The number of ether oxygens (including phenoxy) is 2. The van der Waals surface area contributed by atoms with Crippen molar-refractivity contribution in [1.29, 1.82) is 0 Å². The predicted molar refractivity (Wildman–Crippen MR) is 66.4 cm³/mol. The lowest BCUT2D eigenvalue weighted by molar-refractivity contribution is -0.119. The molecule has 0 fully saturated rings. The van der Waals surface area contributed by atoms with Crippen molar-refractivity contribution in [1.82, 2.24) is 4.90 Å². The Bertz CT molecular complexity index is 379. The Balaban J connectivity index is 3.02. The van der Waals surface area contributed by atoms with Crippen LogP contribution in [0.15, 0.2) is 18.2 Å². The summed E-state index contributed by atoms with van der Waals surface area (Å²) in [7, 11) is 3.20. The molecule has 0 aromatic heterocycles. The summed E-state index contributed by atoms with van der Waals surface area (Å²) in [6.45, 7) is 4.61. The lowest BCUT2D eigenvalue weighted by atomic mass is 10.1. The largest absolute Gasteiger partial charge is 0.493 e. The molecule has 94 valence electrons. The van der Waals surface area contributed by atoms with Gasteiger partial charge in [-0.2, -0.15) is 0 Å². The third-order valence-corrected chi connectivity index (χ3v) is 2.89. The predicted octanol–water partition coefficient (Wildman–Crippen LogP) is 2.24. The van der Waals surface area contributed by atoms with Crippen molar-refractivity contribution in [3.63, 3.8) is 0 Å². The van der Waals surface area contributed by atoms with Crippen LogP contribution in [0.3, 0.4) is 0 Å². The number of hydrogen-bond donors (Lipinski definition) is 0. The fourth-order valence-electron chi connectivity index (χ4n) is 1.74. The van der Waals surface area contributed by atoms with Crippen molar-refractivity contribution in [2.24, 2.45) is 0 Å². The quantitative estimate of drug-likeness (QED) is 0.712. The van der Waals surface area contributed by atoms with Crippen molar-refractivity contribution < 1.29 is 14.3 Å². The lowest BCUT2D eigenvalue weighted by Gasteiger charge is -2.24. The molecule has 0 aliphatic rings. The van der Waals surface area contributed by atoms with Gasteiger partial charge in [0.15, 0.2) is 11.5 Å². The van der Waals surface area contributed by atoms with E-state index in [0.29, 0.717) is 18.0 Å². The number of methoxy groups -OCH3 is 2. The highest BCUT2D eigenvalue weighted by Crippen LogP contribution is 2.31. The number of amides is 1. The molecule has 0 saturated carbocycles. The van der Waals surface area contributed by atoms with E-state index in [1.165, 1.54) is 0 Å². The van der Waals surface area contributed by atoms with Gasteiger partial charge in [0, 0.05) is 6.54 Å². The molecule has 0 aliphatic carbocycles. The fourth-order valence-corrected chi connectivity index (χ4v) is 1.74. The van der Waals surface area contributed by atoms with E-state index in [0.717, 1.165) is 12.0 Å². The van der Waals surface area contributed by atoms with Crippen LogP contribution in [-0.4, -0.2) is 32.1 Å². The van der Waals surface area contributed by atoms with Crippen LogP contribution in [0, 0.1) is 0 Å². The van der Waals surface area contributed by atoms with Gasteiger partial charge in [0.1, 0.15) is 0 Å². The van der Waals surface area contributed by atoms with Crippen molar-refractivity contribution in [2.75, 3.05) is 20.8 Å². The van der Waals surface area contributed by atoms with Crippen LogP contribution in [-0.2, 0) is 4.79 Å². The zero-order valence-corrected chi connectivity index (χ0v) is 10.8. The van der Waals surface area contributed by atoms with Gasteiger partial charge in [0.05, 0.1) is 20.3 Å². The summed E-state index contributed by atoms with van der Waals surface area (Å²) in [5.74, 6) is 1.37. The standard InChI is InChI=1S/C13H19NO3/c1-5-14(9-15)10(2)11-6-7-12(16-3)13(8-11)17-4/h6-10H,5H2,1-4H3. The number of hydrogen-bond acceptors (Lipinski definition) is 3. The molecule has 1 unspecified atom stereocenters. The van der Waals surface area contributed by atoms with E-state index in [9.17, 15) is 4.79 Å². The Morgan fingerprint density at radius 1 is 1.29 bits per heavy atom. The minimum absolute atomic E-state index is 0.0253. The molecule has 0 heterocycles. The molecule has 4 heteroatoms. The molecule has 1 amide bonds. The third-order valence-electron chi connectivity index (χ3n) is 2.89. The first-order valence-electron chi connectivity index (χ1n) is 5.60. The van der Waals surface area contributed by atoms with Crippen LogP contribution >= 0.6 is 0 Å². The molecular formula is C13H19NO3. The first-order chi connectivity index (χ1) is 8.17. The molecule has 0 spiro atoms. The summed E-state index contributed by atoms with van der Waals surface area (Å²) in [5.41, 5.74) is 1.02. The minimum atomic E-state index is 0.0253. The van der Waals surface area contributed by atoms with Crippen LogP contribution in [0.1, 0.15) is 25.5 Å². The Kier molecular flexibility index (Phi) is 4.82. The van der Waals surface area contributed by atoms with Crippen molar-refractivity contribution in [2.45, 2.75) is 19.9 Å². The topological polar surface area (TPSA) is 38.8 Å². The second-order valence-electron chi connectivity index (χ2n) is 3.73. The van der Waals surface area contributed by atoms with Gasteiger partial charge < -0.3 is 14.4 Å². The molecule has 0 aliphatic heterocycles. The summed E-state index contributed by atoms with van der Waals surface area (Å²) >= 11 is 0. The normalized spacial score (nSPS) is 11.8. The smallest absolute Gasteiger partial charge is 0.210 e. The van der Waals surface area contributed by atoms with Crippen LogP contribution < -0.4 is 9.47 Å². The van der Waals surface area contributed by atoms with Gasteiger partial charge in [-0.3, -0.25) is 4.79 Å². The minimum Gasteiger partial charge on any atom is -0.493 e. The average Bonchev–Trinajstić information content (AvgIpc) is 2.39. The average molecular weight is 237 g/mol. The van der Waals surface area contributed by atoms with Crippen molar-refractivity contribution in [3.05, 3.63) is 23.8 Å². The Morgan fingerprint density at radius 2 is 1.94 bits per heavy atom. The molecule has 0 saturated heterocycles. The van der Waals surface area contributed by atoms with Crippen molar-refractivity contribution in [3.8, 4) is 11.5 Å². The first-order valence-corrected chi connectivity index (χ1v) is 5.60. The van der Waals surface area contributed by atoms with Crippen LogP contribution in [0.4, 0.5) is 0 Å². The monoisotopic (exact) mass is 237 g/mol. The maximum Gasteiger partial charge on any atom is 0.210 e. The van der Waals surface area contributed by atoms with E-state index in [-0.39, 0.29) is 6.04 Å². The molecule has 1 aromatic rings. The van der Waals surface area contributed by atoms with Gasteiger partial charge in [-0.1, -0.05) is 6.07 Å². The highest BCUT2D eigenvalue weighted by Gasteiger charge is 2.14. The molecule has 1 rings (SSSR count). The van der Waals surface area contributed by atoms with E-state index in [2.05, 4.69) is 0 Å². The number of rotatable bonds is 6. The van der Waals surface area contributed by atoms with Gasteiger partial charge in [-0.05, 0) is 31.5 Å². The number of nitrogens with zero attached hydrogens (tertiary/aromatic N) is 1. The van der Waals surface area contributed by atoms with Crippen molar-refractivity contribution >= 4 is 6.41 Å². The van der Waals surface area contributed by atoms with E-state index in [1.807, 2.05) is 32.0 Å². The molecule has 17 heavy (non-hydrogen) atoms. The Morgan fingerprint density at radius 3 is 2.41 bits per heavy atom. The molecule has 0 bridgehead atoms. The Labute approximate surface area is 102 Å². The third kappa shape index (κ3) is 2.90. The summed E-state index contributed by atoms with van der Waals surface area (Å²) in [5, 5.41) is 0. The van der Waals surface area contributed by atoms with E-state index >= 15 is 0 Å². The maximum atomic E-state index is 10.9. The van der Waals surface area contributed by atoms with Crippen LogP contribution in [0.25, 0.3) is 0 Å².